The number of ether oxygens (including phenoxy) is 2. The Labute approximate surface area is 116 Å². The molecule has 3 rings (SSSR count). The van der Waals surface area contributed by atoms with Gasteiger partial charge in [-0.3, -0.25) is 0 Å². The van der Waals surface area contributed by atoms with Gasteiger partial charge in [-0.2, -0.15) is 0 Å². The first-order chi connectivity index (χ1) is 9.29. The summed E-state index contributed by atoms with van der Waals surface area (Å²) in [6.45, 7) is 5.12. The van der Waals surface area contributed by atoms with Crippen LogP contribution in [0.3, 0.4) is 0 Å². The predicted molar refractivity (Wildman–Crippen MR) is 76.0 cm³/mol. The summed E-state index contributed by atoms with van der Waals surface area (Å²) in [6, 6.07) is 0. The lowest BCUT2D eigenvalue weighted by atomic mass is 10.2. The third-order valence-corrected chi connectivity index (χ3v) is 4.33. The summed E-state index contributed by atoms with van der Waals surface area (Å²) in [7, 11) is 1.70. The molecule has 1 aliphatic rings. The smallest absolute Gasteiger partial charge is 0.141 e. The van der Waals surface area contributed by atoms with E-state index in [9.17, 15) is 0 Å². The minimum atomic E-state index is 0.114. The molecule has 2 aromatic rings. The number of rotatable bonds is 3. The van der Waals surface area contributed by atoms with Crippen molar-refractivity contribution in [1.29, 1.82) is 0 Å². The molecule has 102 valence electrons. The SMILES string of the molecule is COCC1CN(c2ncnc3scc(C)c23)CCO1. The second-order valence-electron chi connectivity index (χ2n) is 4.69. The van der Waals surface area contributed by atoms with Crippen molar-refractivity contribution in [3.05, 3.63) is 17.3 Å². The molecule has 0 bridgehead atoms. The largest absolute Gasteiger partial charge is 0.382 e. The molecule has 1 fully saturated rings. The van der Waals surface area contributed by atoms with E-state index in [1.807, 2.05) is 0 Å². The molecular formula is C13H17N3O2S. The van der Waals surface area contributed by atoms with Crippen molar-refractivity contribution in [1.82, 2.24) is 9.97 Å². The van der Waals surface area contributed by atoms with E-state index in [0.717, 1.165) is 23.7 Å². The highest BCUT2D eigenvalue weighted by atomic mass is 32.1. The molecular weight excluding hydrogens is 262 g/mol. The molecule has 2 aromatic heterocycles. The van der Waals surface area contributed by atoms with Crippen molar-refractivity contribution in [2.24, 2.45) is 0 Å². The Morgan fingerprint density at radius 2 is 2.42 bits per heavy atom. The number of aromatic nitrogens is 2. The van der Waals surface area contributed by atoms with Gasteiger partial charge in [-0.15, -0.1) is 11.3 Å². The first-order valence-corrected chi connectivity index (χ1v) is 7.22. The number of morpholine rings is 1. The minimum absolute atomic E-state index is 0.114. The molecule has 0 saturated carbocycles. The molecule has 1 unspecified atom stereocenters. The number of thiophene rings is 1. The zero-order valence-corrected chi connectivity index (χ0v) is 11.9. The summed E-state index contributed by atoms with van der Waals surface area (Å²) in [4.78, 5) is 12.1. The lowest BCUT2D eigenvalue weighted by molar-refractivity contribution is -0.0101. The predicted octanol–water partition coefficient (Wildman–Crippen LogP) is 1.85. The average molecular weight is 279 g/mol. The topological polar surface area (TPSA) is 47.5 Å². The Kier molecular flexibility index (Phi) is 3.63. The van der Waals surface area contributed by atoms with Crippen LogP contribution in [0.1, 0.15) is 5.56 Å². The van der Waals surface area contributed by atoms with Crippen molar-refractivity contribution < 1.29 is 9.47 Å². The van der Waals surface area contributed by atoms with E-state index in [2.05, 4.69) is 27.2 Å². The fourth-order valence-electron chi connectivity index (χ4n) is 2.44. The molecule has 0 radical (unpaired) electrons. The highest BCUT2D eigenvalue weighted by Gasteiger charge is 2.23. The third kappa shape index (κ3) is 2.43. The van der Waals surface area contributed by atoms with Crippen LogP contribution in [0.25, 0.3) is 10.2 Å². The van der Waals surface area contributed by atoms with Crippen LogP contribution in [0.2, 0.25) is 0 Å². The maximum absolute atomic E-state index is 5.69. The number of fused-ring (bicyclic) bond motifs is 1. The van der Waals surface area contributed by atoms with Gasteiger partial charge in [-0.1, -0.05) is 0 Å². The van der Waals surface area contributed by atoms with Gasteiger partial charge in [0.2, 0.25) is 0 Å². The van der Waals surface area contributed by atoms with Gasteiger partial charge >= 0.3 is 0 Å². The number of methoxy groups -OCH3 is 1. The Hall–Kier alpha value is -1.24. The molecule has 19 heavy (non-hydrogen) atoms. The van der Waals surface area contributed by atoms with Gasteiger partial charge in [-0.05, 0) is 17.9 Å². The highest BCUT2D eigenvalue weighted by Crippen LogP contribution is 2.31. The quantitative estimate of drug-likeness (QED) is 0.858. The second-order valence-corrected chi connectivity index (χ2v) is 5.55. The van der Waals surface area contributed by atoms with Crippen molar-refractivity contribution in [2.75, 3.05) is 38.3 Å². The van der Waals surface area contributed by atoms with Gasteiger partial charge < -0.3 is 14.4 Å². The molecule has 0 N–H and O–H groups in total. The van der Waals surface area contributed by atoms with Gasteiger partial charge in [-0.25, -0.2) is 9.97 Å². The highest BCUT2D eigenvalue weighted by molar-refractivity contribution is 7.17. The fourth-order valence-corrected chi connectivity index (χ4v) is 3.32. The summed E-state index contributed by atoms with van der Waals surface area (Å²) in [6.07, 6.45) is 1.76. The molecule has 0 aliphatic carbocycles. The Bertz CT molecular complexity index is 570. The summed E-state index contributed by atoms with van der Waals surface area (Å²) in [5.41, 5.74) is 1.24. The van der Waals surface area contributed by atoms with E-state index >= 15 is 0 Å². The van der Waals surface area contributed by atoms with E-state index in [1.54, 1.807) is 24.8 Å². The van der Waals surface area contributed by atoms with Gasteiger partial charge in [0, 0.05) is 20.2 Å². The van der Waals surface area contributed by atoms with Gasteiger partial charge in [0.05, 0.1) is 24.7 Å². The maximum Gasteiger partial charge on any atom is 0.141 e. The lowest BCUT2D eigenvalue weighted by Gasteiger charge is -2.33. The van der Waals surface area contributed by atoms with E-state index < -0.39 is 0 Å². The molecule has 1 aliphatic heterocycles. The fraction of sp³-hybridized carbons (Fsp3) is 0.538. The van der Waals surface area contributed by atoms with Crippen LogP contribution in [0, 0.1) is 6.92 Å². The maximum atomic E-state index is 5.69. The standard InChI is InChI=1S/C13H17N3O2S/c1-9-7-19-13-11(9)12(14-8-15-13)16-3-4-18-10(5-16)6-17-2/h7-8,10H,3-6H2,1-2H3. The molecule has 1 saturated heterocycles. The first kappa shape index (κ1) is 12.8. The van der Waals surface area contributed by atoms with Crippen LogP contribution >= 0.6 is 11.3 Å². The number of hydrogen-bond acceptors (Lipinski definition) is 6. The molecule has 3 heterocycles. The first-order valence-electron chi connectivity index (χ1n) is 6.34. The van der Waals surface area contributed by atoms with Gasteiger partial charge in [0.15, 0.2) is 0 Å². The minimum Gasteiger partial charge on any atom is -0.382 e. The zero-order chi connectivity index (χ0) is 13.2. The number of anilines is 1. The molecule has 0 spiro atoms. The van der Waals surface area contributed by atoms with Crippen LogP contribution in [0.4, 0.5) is 5.82 Å². The Morgan fingerprint density at radius 3 is 3.26 bits per heavy atom. The molecule has 0 aromatic carbocycles. The monoisotopic (exact) mass is 279 g/mol. The molecule has 1 atom stereocenters. The molecule has 5 nitrogen and oxygen atoms in total. The normalized spacial score (nSPS) is 20.1. The van der Waals surface area contributed by atoms with Crippen molar-refractivity contribution in [2.45, 2.75) is 13.0 Å². The van der Waals surface area contributed by atoms with E-state index in [0.29, 0.717) is 13.2 Å². The van der Waals surface area contributed by atoms with Crippen LogP contribution in [0.5, 0.6) is 0 Å². The number of nitrogens with zero attached hydrogens (tertiary/aromatic N) is 3. The van der Waals surface area contributed by atoms with Gasteiger partial charge in [0.25, 0.3) is 0 Å². The molecule has 0 amide bonds. The summed E-state index contributed by atoms with van der Waals surface area (Å²) in [5, 5.41) is 3.31. The van der Waals surface area contributed by atoms with Crippen LogP contribution < -0.4 is 4.90 Å². The zero-order valence-electron chi connectivity index (χ0n) is 11.1. The van der Waals surface area contributed by atoms with Crippen molar-refractivity contribution >= 4 is 27.4 Å². The summed E-state index contributed by atoms with van der Waals surface area (Å²) in [5.74, 6) is 1.02. The average Bonchev–Trinajstić information content (AvgIpc) is 2.82. The van der Waals surface area contributed by atoms with E-state index in [4.69, 9.17) is 9.47 Å². The molecule has 6 heteroatoms. The van der Waals surface area contributed by atoms with Gasteiger partial charge in [0.1, 0.15) is 17.0 Å². The third-order valence-electron chi connectivity index (χ3n) is 3.33. The lowest BCUT2D eigenvalue weighted by Crippen LogP contribution is -2.44. The van der Waals surface area contributed by atoms with Crippen LogP contribution in [0.15, 0.2) is 11.7 Å². The van der Waals surface area contributed by atoms with Crippen LogP contribution in [-0.4, -0.2) is 49.5 Å². The number of aryl methyl sites for hydroxylation is 1. The van der Waals surface area contributed by atoms with E-state index in [1.165, 1.54) is 10.9 Å². The summed E-state index contributed by atoms with van der Waals surface area (Å²) >= 11 is 1.67. The van der Waals surface area contributed by atoms with E-state index in [-0.39, 0.29) is 6.10 Å². The Morgan fingerprint density at radius 1 is 1.53 bits per heavy atom. The number of hydrogen-bond donors (Lipinski definition) is 0. The summed E-state index contributed by atoms with van der Waals surface area (Å²) < 4.78 is 10.9. The van der Waals surface area contributed by atoms with Crippen LogP contribution in [-0.2, 0) is 9.47 Å². The second kappa shape index (κ2) is 5.40. The van der Waals surface area contributed by atoms with Crippen molar-refractivity contribution in [3.63, 3.8) is 0 Å². The Balaban J connectivity index is 1.93. The van der Waals surface area contributed by atoms with Crippen molar-refractivity contribution in [3.8, 4) is 0 Å².